The average Bonchev–Trinajstić information content (AvgIpc) is 2.51. The van der Waals surface area contributed by atoms with Crippen LogP contribution in [0.15, 0.2) is 48.5 Å². The van der Waals surface area contributed by atoms with E-state index in [9.17, 15) is 13.6 Å². The fourth-order valence-corrected chi connectivity index (χ4v) is 2.03. The van der Waals surface area contributed by atoms with Crippen molar-refractivity contribution in [2.24, 2.45) is 0 Å². The highest BCUT2D eigenvalue weighted by atomic mass is 19.2. The summed E-state index contributed by atoms with van der Waals surface area (Å²) in [6.45, 7) is 2.38. The lowest BCUT2D eigenvalue weighted by atomic mass is 10.2. The Morgan fingerprint density at radius 2 is 1.82 bits per heavy atom. The van der Waals surface area contributed by atoms with Gasteiger partial charge < -0.3 is 5.32 Å². The number of halogens is 2. The molecule has 2 rings (SSSR count). The first-order valence-electron chi connectivity index (χ1n) is 6.97. The molecule has 0 heterocycles. The minimum Gasteiger partial charge on any atom is -0.325 e. The van der Waals surface area contributed by atoms with E-state index in [1.807, 2.05) is 42.3 Å². The lowest BCUT2D eigenvalue weighted by Gasteiger charge is -2.24. The van der Waals surface area contributed by atoms with E-state index in [1.165, 1.54) is 6.07 Å². The summed E-state index contributed by atoms with van der Waals surface area (Å²) >= 11 is 0. The average molecular weight is 304 g/mol. The van der Waals surface area contributed by atoms with Crippen LogP contribution in [0.25, 0.3) is 0 Å². The lowest BCUT2D eigenvalue weighted by molar-refractivity contribution is -0.120. The van der Waals surface area contributed by atoms with Crippen molar-refractivity contribution in [1.82, 2.24) is 4.90 Å². The van der Waals surface area contributed by atoms with Gasteiger partial charge in [0.25, 0.3) is 0 Å². The van der Waals surface area contributed by atoms with E-state index in [0.717, 1.165) is 17.7 Å². The van der Waals surface area contributed by atoms with Crippen LogP contribution < -0.4 is 5.32 Å². The summed E-state index contributed by atoms with van der Waals surface area (Å²) in [7, 11) is 1.84. The summed E-state index contributed by atoms with van der Waals surface area (Å²) in [5, 5.41) is 2.59. The molecule has 0 fully saturated rings. The summed E-state index contributed by atoms with van der Waals surface area (Å²) in [6, 6.07) is 12.7. The molecule has 3 nitrogen and oxygen atoms in total. The number of anilines is 1. The quantitative estimate of drug-likeness (QED) is 0.918. The van der Waals surface area contributed by atoms with E-state index in [-0.39, 0.29) is 11.6 Å². The molecule has 5 heteroatoms. The maximum Gasteiger partial charge on any atom is 0.241 e. The molecule has 0 aliphatic carbocycles. The zero-order chi connectivity index (χ0) is 16.1. The largest absolute Gasteiger partial charge is 0.325 e. The molecule has 2 aromatic carbocycles. The maximum absolute atomic E-state index is 13.1. The van der Waals surface area contributed by atoms with E-state index in [4.69, 9.17) is 0 Å². The van der Waals surface area contributed by atoms with Crippen LogP contribution in [0.5, 0.6) is 0 Å². The fraction of sp³-hybridized carbons (Fsp3) is 0.235. The molecule has 0 saturated heterocycles. The minimum absolute atomic E-state index is 0.240. The first-order chi connectivity index (χ1) is 10.5. The zero-order valence-corrected chi connectivity index (χ0v) is 12.5. The number of carbonyl (C=O) groups excluding carboxylic acids is 1. The molecule has 0 aromatic heterocycles. The van der Waals surface area contributed by atoms with Crippen LogP contribution in [-0.4, -0.2) is 23.9 Å². The third-order valence-electron chi connectivity index (χ3n) is 3.50. The molecule has 22 heavy (non-hydrogen) atoms. The Labute approximate surface area is 128 Å². The van der Waals surface area contributed by atoms with Gasteiger partial charge in [0, 0.05) is 18.3 Å². The number of likely N-dealkylation sites (N-methyl/N-ethyl adjacent to an activating group) is 1. The number of benzene rings is 2. The summed E-state index contributed by atoms with van der Waals surface area (Å²) in [6.07, 6.45) is 0. The van der Waals surface area contributed by atoms with Gasteiger partial charge in [-0.15, -0.1) is 0 Å². The molecular formula is C17H18F2N2O. The highest BCUT2D eigenvalue weighted by molar-refractivity contribution is 5.94. The third-order valence-corrected chi connectivity index (χ3v) is 3.50. The molecular weight excluding hydrogens is 286 g/mol. The van der Waals surface area contributed by atoms with Gasteiger partial charge in [0.2, 0.25) is 5.91 Å². The number of hydrogen-bond acceptors (Lipinski definition) is 2. The van der Waals surface area contributed by atoms with Gasteiger partial charge in [0.15, 0.2) is 11.6 Å². The second kappa shape index (κ2) is 7.13. The first kappa shape index (κ1) is 16.1. The van der Waals surface area contributed by atoms with Gasteiger partial charge in [-0.2, -0.15) is 0 Å². The standard InChI is InChI=1S/C17H18F2N2O/c1-12(21(2)11-13-6-4-3-5-7-13)17(22)20-14-8-9-15(18)16(19)10-14/h3-10,12H,11H2,1-2H3,(H,20,22)/t12-/m0/s1. The molecule has 0 saturated carbocycles. The highest BCUT2D eigenvalue weighted by Crippen LogP contribution is 2.14. The SMILES string of the molecule is C[C@@H](C(=O)Nc1ccc(F)c(F)c1)N(C)Cc1ccccc1. The Hall–Kier alpha value is -2.27. The number of rotatable bonds is 5. The van der Waals surface area contributed by atoms with Crippen LogP contribution in [-0.2, 0) is 11.3 Å². The normalized spacial score (nSPS) is 12.2. The van der Waals surface area contributed by atoms with Crippen LogP contribution >= 0.6 is 0 Å². The van der Waals surface area contributed by atoms with Crippen LogP contribution in [0.3, 0.4) is 0 Å². The van der Waals surface area contributed by atoms with Gasteiger partial charge in [0.1, 0.15) is 0 Å². The van der Waals surface area contributed by atoms with Crippen molar-refractivity contribution in [1.29, 1.82) is 0 Å². The van der Waals surface area contributed by atoms with E-state index >= 15 is 0 Å². The van der Waals surface area contributed by atoms with Gasteiger partial charge >= 0.3 is 0 Å². The molecule has 116 valence electrons. The summed E-state index contributed by atoms with van der Waals surface area (Å²) < 4.78 is 26.0. The van der Waals surface area contributed by atoms with Crippen LogP contribution in [0.2, 0.25) is 0 Å². The number of carbonyl (C=O) groups is 1. The maximum atomic E-state index is 13.1. The van der Waals surface area contributed by atoms with E-state index in [2.05, 4.69) is 5.32 Å². The smallest absolute Gasteiger partial charge is 0.241 e. The van der Waals surface area contributed by atoms with Crippen LogP contribution in [0.4, 0.5) is 14.5 Å². The molecule has 0 aliphatic heterocycles. The van der Waals surface area contributed by atoms with E-state index in [1.54, 1.807) is 6.92 Å². The van der Waals surface area contributed by atoms with E-state index < -0.39 is 17.7 Å². The Morgan fingerprint density at radius 3 is 2.45 bits per heavy atom. The Bertz CT molecular complexity index is 646. The van der Waals surface area contributed by atoms with Crippen molar-refractivity contribution >= 4 is 11.6 Å². The molecule has 0 unspecified atom stereocenters. The predicted molar refractivity (Wildman–Crippen MR) is 82.4 cm³/mol. The second-order valence-corrected chi connectivity index (χ2v) is 5.19. The Morgan fingerprint density at radius 1 is 1.14 bits per heavy atom. The lowest BCUT2D eigenvalue weighted by Crippen LogP contribution is -2.39. The number of hydrogen-bond donors (Lipinski definition) is 1. The summed E-state index contributed by atoms with van der Waals surface area (Å²) in [5.41, 5.74) is 1.33. The minimum atomic E-state index is -0.983. The van der Waals surface area contributed by atoms with Gasteiger partial charge in [-0.25, -0.2) is 8.78 Å². The first-order valence-corrected chi connectivity index (χ1v) is 6.97. The Balaban J connectivity index is 1.97. The Kier molecular flexibility index (Phi) is 5.22. The van der Waals surface area contributed by atoms with Gasteiger partial charge in [-0.1, -0.05) is 30.3 Å². The van der Waals surface area contributed by atoms with E-state index in [0.29, 0.717) is 6.54 Å². The topological polar surface area (TPSA) is 32.3 Å². The number of nitrogens with zero attached hydrogens (tertiary/aromatic N) is 1. The molecule has 0 radical (unpaired) electrons. The highest BCUT2D eigenvalue weighted by Gasteiger charge is 2.18. The summed E-state index contributed by atoms with van der Waals surface area (Å²) in [4.78, 5) is 14.1. The van der Waals surface area contributed by atoms with Crippen molar-refractivity contribution in [3.8, 4) is 0 Å². The van der Waals surface area contributed by atoms with Gasteiger partial charge in [0.05, 0.1) is 6.04 Å². The monoisotopic (exact) mass is 304 g/mol. The molecule has 0 bridgehead atoms. The number of nitrogens with one attached hydrogen (secondary N) is 1. The van der Waals surface area contributed by atoms with Crippen LogP contribution in [0.1, 0.15) is 12.5 Å². The predicted octanol–water partition coefficient (Wildman–Crippen LogP) is 3.42. The fourth-order valence-electron chi connectivity index (χ4n) is 2.03. The van der Waals surface area contributed by atoms with Crippen molar-refractivity contribution in [2.45, 2.75) is 19.5 Å². The molecule has 2 aromatic rings. The van der Waals surface area contributed by atoms with Gasteiger partial charge in [-0.3, -0.25) is 9.69 Å². The van der Waals surface area contributed by atoms with Crippen LogP contribution in [0, 0.1) is 11.6 Å². The molecule has 1 amide bonds. The third kappa shape index (κ3) is 4.11. The van der Waals surface area contributed by atoms with Gasteiger partial charge in [-0.05, 0) is 31.7 Å². The summed E-state index contributed by atoms with van der Waals surface area (Å²) in [5.74, 6) is -2.19. The van der Waals surface area contributed by atoms with Crippen molar-refractivity contribution in [2.75, 3.05) is 12.4 Å². The second-order valence-electron chi connectivity index (χ2n) is 5.19. The molecule has 1 atom stereocenters. The molecule has 0 spiro atoms. The zero-order valence-electron chi connectivity index (χ0n) is 12.5. The van der Waals surface area contributed by atoms with Crippen molar-refractivity contribution in [3.05, 3.63) is 65.7 Å². The number of amides is 1. The molecule has 0 aliphatic rings. The molecule has 1 N–H and O–H groups in total. The van der Waals surface area contributed by atoms with Crippen molar-refractivity contribution < 1.29 is 13.6 Å². The van der Waals surface area contributed by atoms with Crippen molar-refractivity contribution in [3.63, 3.8) is 0 Å².